The molecule has 1 aromatic rings. The molecule has 0 bridgehead atoms. The minimum atomic E-state index is 0.741. The monoisotopic (exact) mass is 293 g/mol. The van der Waals surface area contributed by atoms with Gasteiger partial charge in [0.1, 0.15) is 0 Å². The Hall–Kier alpha value is -0.340. The lowest BCUT2D eigenvalue weighted by atomic mass is 9.73. The van der Waals surface area contributed by atoms with Crippen molar-refractivity contribution in [3.8, 4) is 0 Å². The maximum atomic E-state index is 3.78. The van der Waals surface area contributed by atoms with Crippen molar-refractivity contribution in [1.82, 2.24) is 5.32 Å². The van der Waals surface area contributed by atoms with E-state index in [0.717, 1.165) is 30.3 Å². The molecule has 1 heterocycles. The maximum Gasteiger partial charge on any atom is 0.00955 e. The summed E-state index contributed by atoms with van der Waals surface area (Å²) in [6.45, 7) is 8.25. The molecule has 0 aromatic carbocycles. The van der Waals surface area contributed by atoms with E-state index >= 15 is 0 Å². The summed E-state index contributed by atoms with van der Waals surface area (Å²) < 4.78 is 0. The molecule has 1 aliphatic rings. The SMILES string of the molecule is CCNC(CCCc1cccs1)C1CC(C)CC(C)C1. The average molecular weight is 294 g/mol. The minimum absolute atomic E-state index is 0.741. The zero-order valence-corrected chi connectivity index (χ0v) is 14.2. The highest BCUT2D eigenvalue weighted by Crippen LogP contribution is 2.35. The van der Waals surface area contributed by atoms with Gasteiger partial charge in [-0.1, -0.05) is 26.8 Å². The lowest BCUT2D eigenvalue weighted by molar-refractivity contribution is 0.171. The van der Waals surface area contributed by atoms with Gasteiger partial charge in [-0.2, -0.15) is 0 Å². The van der Waals surface area contributed by atoms with E-state index in [4.69, 9.17) is 0 Å². The fourth-order valence-electron chi connectivity index (χ4n) is 4.06. The summed E-state index contributed by atoms with van der Waals surface area (Å²) in [6, 6.07) is 5.19. The van der Waals surface area contributed by atoms with E-state index in [9.17, 15) is 0 Å². The molecule has 0 amide bonds. The van der Waals surface area contributed by atoms with Gasteiger partial charge >= 0.3 is 0 Å². The third kappa shape index (κ3) is 4.89. The fraction of sp³-hybridized carbons (Fsp3) is 0.778. The van der Waals surface area contributed by atoms with Crippen LogP contribution in [0.1, 0.15) is 57.8 Å². The number of nitrogens with one attached hydrogen (secondary N) is 1. The summed E-state index contributed by atoms with van der Waals surface area (Å²) in [5.41, 5.74) is 0. The van der Waals surface area contributed by atoms with Crippen LogP contribution in [0.4, 0.5) is 0 Å². The van der Waals surface area contributed by atoms with Crippen molar-refractivity contribution >= 4 is 11.3 Å². The van der Waals surface area contributed by atoms with E-state index in [2.05, 4.69) is 43.6 Å². The van der Waals surface area contributed by atoms with Crippen LogP contribution in [0.25, 0.3) is 0 Å². The van der Waals surface area contributed by atoms with E-state index in [-0.39, 0.29) is 0 Å². The molecule has 1 aromatic heterocycles. The molecule has 114 valence electrons. The Kier molecular flexibility index (Phi) is 6.57. The molecule has 1 N–H and O–H groups in total. The molecule has 2 rings (SSSR count). The number of aryl methyl sites for hydroxylation is 1. The molecule has 0 spiro atoms. The molecule has 20 heavy (non-hydrogen) atoms. The lowest BCUT2D eigenvalue weighted by Crippen LogP contribution is -2.39. The highest BCUT2D eigenvalue weighted by atomic mass is 32.1. The van der Waals surface area contributed by atoms with Crippen LogP contribution in [0.5, 0.6) is 0 Å². The van der Waals surface area contributed by atoms with Gasteiger partial charge in [0, 0.05) is 10.9 Å². The van der Waals surface area contributed by atoms with E-state index in [1.165, 1.54) is 38.5 Å². The Labute approximate surface area is 129 Å². The molecule has 1 fully saturated rings. The summed E-state index contributed by atoms with van der Waals surface area (Å²) in [5, 5.41) is 5.97. The van der Waals surface area contributed by atoms with Gasteiger partial charge in [0.05, 0.1) is 0 Å². The second-order valence-electron chi connectivity index (χ2n) is 6.81. The standard InChI is InChI=1S/C18H31NS/c1-4-19-18(9-5-7-17-8-6-10-20-17)16-12-14(2)11-15(3)13-16/h6,8,10,14-16,18-19H,4-5,7,9,11-13H2,1-3H3. The van der Waals surface area contributed by atoms with Crippen molar-refractivity contribution in [2.45, 2.75) is 65.3 Å². The van der Waals surface area contributed by atoms with Crippen LogP contribution in [0, 0.1) is 17.8 Å². The van der Waals surface area contributed by atoms with Crippen LogP contribution in [0.15, 0.2) is 17.5 Å². The third-order valence-corrected chi connectivity index (χ3v) is 5.70. The predicted octanol–water partition coefficient (Wildman–Crippen LogP) is 5.12. The number of rotatable bonds is 7. The molecule has 1 nitrogen and oxygen atoms in total. The van der Waals surface area contributed by atoms with Crippen molar-refractivity contribution in [3.05, 3.63) is 22.4 Å². The summed E-state index contributed by atoms with van der Waals surface area (Å²) in [6.07, 6.45) is 8.23. The smallest absolute Gasteiger partial charge is 0.00955 e. The second-order valence-corrected chi connectivity index (χ2v) is 7.85. The fourth-order valence-corrected chi connectivity index (χ4v) is 4.81. The Bertz CT molecular complexity index is 350. The number of hydrogen-bond donors (Lipinski definition) is 1. The van der Waals surface area contributed by atoms with Gasteiger partial charge in [-0.15, -0.1) is 11.3 Å². The molecule has 1 aliphatic carbocycles. The first-order valence-electron chi connectivity index (χ1n) is 8.44. The van der Waals surface area contributed by atoms with E-state index in [1.807, 2.05) is 11.3 Å². The Morgan fingerprint density at radius 1 is 1.25 bits per heavy atom. The van der Waals surface area contributed by atoms with Gasteiger partial charge < -0.3 is 5.32 Å². The average Bonchev–Trinajstić information content (AvgIpc) is 2.89. The Morgan fingerprint density at radius 2 is 2.00 bits per heavy atom. The normalized spacial score (nSPS) is 28.4. The topological polar surface area (TPSA) is 12.0 Å². The quantitative estimate of drug-likeness (QED) is 0.735. The molecular formula is C18H31NS. The van der Waals surface area contributed by atoms with Crippen LogP contribution in [-0.4, -0.2) is 12.6 Å². The van der Waals surface area contributed by atoms with Gasteiger partial charge in [0.25, 0.3) is 0 Å². The van der Waals surface area contributed by atoms with Crippen LogP contribution >= 0.6 is 11.3 Å². The van der Waals surface area contributed by atoms with Gasteiger partial charge in [0.15, 0.2) is 0 Å². The van der Waals surface area contributed by atoms with Gasteiger partial charge in [-0.25, -0.2) is 0 Å². The molecule has 0 saturated heterocycles. The lowest BCUT2D eigenvalue weighted by Gasteiger charge is -2.37. The van der Waals surface area contributed by atoms with Gasteiger partial charge in [0.2, 0.25) is 0 Å². The maximum absolute atomic E-state index is 3.78. The van der Waals surface area contributed by atoms with Crippen LogP contribution in [0.3, 0.4) is 0 Å². The van der Waals surface area contributed by atoms with Gasteiger partial charge in [-0.05, 0) is 74.3 Å². The summed E-state index contributed by atoms with van der Waals surface area (Å²) >= 11 is 1.90. The molecule has 3 atom stereocenters. The first kappa shape index (κ1) is 16.0. The Morgan fingerprint density at radius 3 is 2.60 bits per heavy atom. The van der Waals surface area contributed by atoms with Crippen LogP contribution in [-0.2, 0) is 6.42 Å². The highest BCUT2D eigenvalue weighted by molar-refractivity contribution is 7.09. The zero-order valence-electron chi connectivity index (χ0n) is 13.4. The molecule has 3 unspecified atom stereocenters. The Balaban J connectivity index is 1.82. The summed E-state index contributed by atoms with van der Waals surface area (Å²) in [5.74, 6) is 2.74. The summed E-state index contributed by atoms with van der Waals surface area (Å²) in [4.78, 5) is 1.55. The van der Waals surface area contributed by atoms with Crippen molar-refractivity contribution < 1.29 is 0 Å². The highest BCUT2D eigenvalue weighted by Gasteiger charge is 2.29. The van der Waals surface area contributed by atoms with Crippen LogP contribution < -0.4 is 5.32 Å². The zero-order chi connectivity index (χ0) is 14.4. The third-order valence-electron chi connectivity index (χ3n) is 4.77. The minimum Gasteiger partial charge on any atom is -0.314 e. The van der Waals surface area contributed by atoms with Gasteiger partial charge in [-0.3, -0.25) is 0 Å². The first-order chi connectivity index (χ1) is 9.69. The first-order valence-corrected chi connectivity index (χ1v) is 9.32. The number of thiophene rings is 1. The van der Waals surface area contributed by atoms with Crippen molar-refractivity contribution in [1.29, 1.82) is 0 Å². The van der Waals surface area contributed by atoms with E-state index in [0.29, 0.717) is 0 Å². The predicted molar refractivity (Wildman–Crippen MR) is 90.4 cm³/mol. The molecule has 0 aliphatic heterocycles. The van der Waals surface area contributed by atoms with Crippen molar-refractivity contribution in [2.75, 3.05) is 6.54 Å². The molecular weight excluding hydrogens is 262 g/mol. The summed E-state index contributed by atoms with van der Waals surface area (Å²) in [7, 11) is 0. The number of hydrogen-bond acceptors (Lipinski definition) is 2. The molecule has 0 radical (unpaired) electrons. The van der Waals surface area contributed by atoms with Crippen molar-refractivity contribution in [3.63, 3.8) is 0 Å². The van der Waals surface area contributed by atoms with Crippen LogP contribution in [0.2, 0.25) is 0 Å². The van der Waals surface area contributed by atoms with E-state index in [1.54, 1.807) is 4.88 Å². The largest absolute Gasteiger partial charge is 0.314 e. The van der Waals surface area contributed by atoms with E-state index < -0.39 is 0 Å². The van der Waals surface area contributed by atoms with Crippen molar-refractivity contribution in [2.24, 2.45) is 17.8 Å². The second kappa shape index (κ2) is 8.19. The molecule has 1 saturated carbocycles. The molecule has 2 heteroatoms.